The minimum atomic E-state index is -0.584. The average molecular weight is 151 g/mol. The van der Waals surface area contributed by atoms with Gasteiger partial charge in [-0.2, -0.15) is 0 Å². The number of hydrogen-bond acceptors (Lipinski definition) is 0. The zero-order chi connectivity index (χ0) is 6.85. The maximum atomic E-state index is 12.2. The van der Waals surface area contributed by atoms with Gasteiger partial charge in [-0.3, -0.25) is 0 Å². The minimum Gasteiger partial charge on any atom is -0.212 e. The van der Waals surface area contributed by atoms with Crippen LogP contribution in [0.3, 0.4) is 0 Å². The molecule has 0 radical (unpaired) electrons. The van der Waals surface area contributed by atoms with Crippen LogP contribution in [0.25, 0.3) is 0 Å². The number of allylic oxidation sites excluding steroid dienone is 4. The highest BCUT2D eigenvalue weighted by Gasteiger charge is 2.11. The number of alkyl halides is 1. The van der Waals surface area contributed by atoms with Crippen molar-refractivity contribution < 1.29 is 8.78 Å². The van der Waals surface area contributed by atoms with E-state index in [2.05, 4.69) is 0 Å². The van der Waals surface area contributed by atoms with Gasteiger partial charge in [-0.1, -0.05) is 0 Å². The second kappa shape index (κ2) is 2.48. The molecule has 0 N–H and O–H groups in total. The molecule has 1 atom stereocenters. The summed E-state index contributed by atoms with van der Waals surface area (Å²) in [7, 11) is 0. The van der Waals surface area contributed by atoms with Crippen molar-refractivity contribution in [2.75, 3.05) is 0 Å². The van der Waals surface area contributed by atoms with Gasteiger partial charge in [-0.25, -0.2) is 8.78 Å². The summed E-state index contributed by atoms with van der Waals surface area (Å²) < 4.78 is 24.3. The van der Waals surface area contributed by atoms with Gasteiger partial charge in [0.05, 0.1) is 5.38 Å². The largest absolute Gasteiger partial charge is 0.212 e. The third-order valence-electron chi connectivity index (χ3n) is 1.02. The van der Waals surface area contributed by atoms with E-state index in [-0.39, 0.29) is 6.42 Å². The molecule has 0 bridgehead atoms. The molecule has 0 aromatic rings. The molecule has 50 valence electrons. The Balaban J connectivity index is 2.74. The molecule has 0 aromatic carbocycles. The van der Waals surface area contributed by atoms with Gasteiger partial charge in [-0.05, 0) is 6.08 Å². The maximum absolute atomic E-state index is 12.2. The van der Waals surface area contributed by atoms with Crippen LogP contribution < -0.4 is 0 Å². The molecule has 0 saturated heterocycles. The van der Waals surface area contributed by atoms with Crippen molar-refractivity contribution in [2.45, 2.75) is 11.8 Å². The molecule has 0 unspecified atom stereocenters. The Bertz CT molecular complexity index is 172. The summed E-state index contributed by atoms with van der Waals surface area (Å²) in [6.45, 7) is 0. The minimum absolute atomic E-state index is 0.106. The molecule has 0 nitrogen and oxygen atoms in total. The average Bonchev–Trinajstić information content (AvgIpc) is 1.59. The Morgan fingerprint density at radius 3 is 2.67 bits per heavy atom. The van der Waals surface area contributed by atoms with Crippen molar-refractivity contribution in [3.63, 3.8) is 0 Å². The lowest BCUT2D eigenvalue weighted by atomic mass is 10.1. The van der Waals surface area contributed by atoms with E-state index in [0.717, 1.165) is 6.08 Å². The van der Waals surface area contributed by atoms with Crippen molar-refractivity contribution in [1.29, 1.82) is 0 Å². The van der Waals surface area contributed by atoms with E-state index < -0.39 is 17.0 Å². The number of halogens is 3. The van der Waals surface area contributed by atoms with Gasteiger partial charge in [-0.15, -0.1) is 11.6 Å². The Kier molecular flexibility index (Phi) is 1.86. The van der Waals surface area contributed by atoms with Crippen LogP contribution >= 0.6 is 11.6 Å². The summed E-state index contributed by atoms with van der Waals surface area (Å²) >= 11 is 5.41. The van der Waals surface area contributed by atoms with E-state index in [1.54, 1.807) is 0 Å². The Morgan fingerprint density at radius 2 is 2.22 bits per heavy atom. The monoisotopic (exact) mass is 150 g/mol. The van der Waals surface area contributed by atoms with Crippen molar-refractivity contribution >= 4 is 11.6 Å². The maximum Gasteiger partial charge on any atom is 0.123 e. The summed E-state index contributed by atoms with van der Waals surface area (Å²) in [5, 5.41) is -0.519. The second-order valence-corrected chi connectivity index (χ2v) is 2.42. The summed E-state index contributed by atoms with van der Waals surface area (Å²) in [4.78, 5) is 0. The third-order valence-corrected chi connectivity index (χ3v) is 1.30. The molecule has 0 heterocycles. The van der Waals surface area contributed by atoms with E-state index in [4.69, 9.17) is 11.6 Å². The fourth-order valence-corrected chi connectivity index (χ4v) is 0.942. The fourth-order valence-electron chi connectivity index (χ4n) is 0.675. The lowest BCUT2D eigenvalue weighted by molar-refractivity contribution is 0.561. The standard InChI is InChI=1S/C6H5ClF2/c7-4-1-5(8)3-6(9)2-4/h1,3-4H,2H2/t4-/m0/s1. The SMILES string of the molecule is FC1=C[C@H](Cl)CC(F)=C1. The zero-order valence-corrected chi connectivity index (χ0v) is 5.33. The molecule has 0 spiro atoms. The van der Waals surface area contributed by atoms with E-state index in [9.17, 15) is 8.78 Å². The summed E-state index contributed by atoms with van der Waals surface area (Å²) in [6.07, 6.45) is 2.14. The molecule has 9 heavy (non-hydrogen) atoms. The molecule has 0 saturated carbocycles. The van der Waals surface area contributed by atoms with Crippen LogP contribution in [-0.2, 0) is 0 Å². The van der Waals surface area contributed by atoms with Crippen LogP contribution in [0.15, 0.2) is 23.8 Å². The molecular weight excluding hydrogens is 146 g/mol. The van der Waals surface area contributed by atoms with Crippen LogP contribution in [0.1, 0.15) is 6.42 Å². The van der Waals surface area contributed by atoms with Crippen LogP contribution in [0, 0.1) is 0 Å². The van der Waals surface area contributed by atoms with Gasteiger partial charge in [0, 0.05) is 12.5 Å². The smallest absolute Gasteiger partial charge is 0.123 e. The highest BCUT2D eigenvalue weighted by molar-refractivity contribution is 6.22. The molecule has 0 fully saturated rings. The van der Waals surface area contributed by atoms with E-state index >= 15 is 0 Å². The summed E-state index contributed by atoms with van der Waals surface area (Å²) in [5.41, 5.74) is 0. The van der Waals surface area contributed by atoms with Crippen LogP contribution in [-0.4, -0.2) is 5.38 Å². The van der Waals surface area contributed by atoms with Crippen molar-refractivity contribution in [3.8, 4) is 0 Å². The molecule has 0 aromatic heterocycles. The van der Waals surface area contributed by atoms with Crippen molar-refractivity contribution in [1.82, 2.24) is 0 Å². The van der Waals surface area contributed by atoms with E-state index in [1.165, 1.54) is 6.08 Å². The molecule has 0 amide bonds. The lowest BCUT2D eigenvalue weighted by Crippen LogP contribution is -1.98. The fraction of sp³-hybridized carbons (Fsp3) is 0.333. The predicted octanol–water partition coefficient (Wildman–Crippen LogP) is 2.70. The number of hydrogen-bond donors (Lipinski definition) is 0. The van der Waals surface area contributed by atoms with E-state index in [1.807, 2.05) is 0 Å². The Hall–Kier alpha value is -0.370. The van der Waals surface area contributed by atoms with Crippen molar-refractivity contribution in [3.05, 3.63) is 23.8 Å². The van der Waals surface area contributed by atoms with Crippen LogP contribution in [0.5, 0.6) is 0 Å². The first-order valence-corrected chi connectivity index (χ1v) is 2.99. The highest BCUT2D eigenvalue weighted by Crippen LogP contribution is 2.22. The highest BCUT2D eigenvalue weighted by atomic mass is 35.5. The first kappa shape index (κ1) is 6.75. The normalized spacial score (nSPS) is 27.2. The number of rotatable bonds is 0. The van der Waals surface area contributed by atoms with Gasteiger partial charge in [0.2, 0.25) is 0 Å². The van der Waals surface area contributed by atoms with Crippen LogP contribution in [0.4, 0.5) is 8.78 Å². The molecule has 1 aliphatic rings. The predicted molar refractivity (Wildman–Crippen MR) is 32.6 cm³/mol. The molecule has 1 rings (SSSR count). The van der Waals surface area contributed by atoms with E-state index in [0.29, 0.717) is 0 Å². The van der Waals surface area contributed by atoms with Gasteiger partial charge in [0.15, 0.2) is 0 Å². The van der Waals surface area contributed by atoms with Crippen molar-refractivity contribution in [2.24, 2.45) is 0 Å². The molecule has 0 aliphatic heterocycles. The van der Waals surface area contributed by atoms with Gasteiger partial charge < -0.3 is 0 Å². The topological polar surface area (TPSA) is 0 Å². The van der Waals surface area contributed by atoms with Crippen LogP contribution in [0.2, 0.25) is 0 Å². The quantitative estimate of drug-likeness (QED) is 0.466. The molecule has 3 heteroatoms. The summed E-state index contributed by atoms with van der Waals surface area (Å²) in [5.74, 6) is -1.08. The van der Waals surface area contributed by atoms with Gasteiger partial charge in [0.25, 0.3) is 0 Å². The third kappa shape index (κ3) is 1.79. The molecular formula is C6H5ClF2. The Labute approximate surface area is 56.8 Å². The first-order chi connectivity index (χ1) is 4.18. The molecule has 1 aliphatic carbocycles. The summed E-state index contributed by atoms with van der Waals surface area (Å²) in [6, 6.07) is 0. The lowest BCUT2D eigenvalue weighted by Gasteiger charge is -2.06. The second-order valence-electron chi connectivity index (χ2n) is 1.86. The zero-order valence-electron chi connectivity index (χ0n) is 4.57. The Morgan fingerprint density at radius 1 is 1.56 bits per heavy atom. The first-order valence-electron chi connectivity index (χ1n) is 2.56. The van der Waals surface area contributed by atoms with Gasteiger partial charge in [0.1, 0.15) is 11.7 Å². The van der Waals surface area contributed by atoms with Gasteiger partial charge >= 0.3 is 0 Å².